The van der Waals surface area contributed by atoms with Gasteiger partial charge in [0.15, 0.2) is 5.78 Å². The predicted octanol–water partition coefficient (Wildman–Crippen LogP) is 4.65. The molecule has 1 aromatic carbocycles. The van der Waals surface area contributed by atoms with E-state index in [1.807, 2.05) is 12.1 Å². The molecule has 3 unspecified atom stereocenters. The van der Waals surface area contributed by atoms with Gasteiger partial charge in [-0.1, -0.05) is 50.5 Å². The molecule has 2 aliphatic carbocycles. The van der Waals surface area contributed by atoms with Crippen LogP contribution in [0.15, 0.2) is 24.3 Å². The lowest BCUT2D eigenvalue weighted by atomic mass is 9.68. The van der Waals surface area contributed by atoms with Crippen molar-refractivity contribution < 1.29 is 4.79 Å². The lowest BCUT2D eigenvalue weighted by Crippen LogP contribution is -2.32. The van der Waals surface area contributed by atoms with Gasteiger partial charge in [0.25, 0.3) is 0 Å². The zero-order valence-electron chi connectivity index (χ0n) is 11.9. The van der Waals surface area contributed by atoms with Crippen molar-refractivity contribution in [3.8, 4) is 0 Å². The van der Waals surface area contributed by atoms with E-state index < -0.39 is 0 Å². The fraction of sp³-hybridized carbons (Fsp3) is 0.611. The third kappa shape index (κ3) is 2.48. The maximum Gasteiger partial charge on any atom is 0.166 e. The van der Waals surface area contributed by atoms with Crippen LogP contribution >= 0.6 is 0 Å². The first-order valence-corrected chi connectivity index (χ1v) is 7.91. The van der Waals surface area contributed by atoms with Gasteiger partial charge in [0.2, 0.25) is 0 Å². The Morgan fingerprint density at radius 3 is 2.84 bits per heavy atom. The molecule has 0 N–H and O–H groups in total. The van der Waals surface area contributed by atoms with Crippen molar-refractivity contribution in [3.05, 3.63) is 35.4 Å². The summed E-state index contributed by atoms with van der Waals surface area (Å²) in [4.78, 5) is 12.7. The molecule has 0 saturated heterocycles. The predicted molar refractivity (Wildman–Crippen MR) is 78.3 cm³/mol. The van der Waals surface area contributed by atoms with Crippen LogP contribution in [-0.4, -0.2) is 5.78 Å². The first-order valence-electron chi connectivity index (χ1n) is 7.91. The Bertz CT molecular complexity index is 463. The fourth-order valence-corrected chi connectivity index (χ4v) is 4.14. The van der Waals surface area contributed by atoms with Crippen LogP contribution in [0.5, 0.6) is 0 Å². The summed E-state index contributed by atoms with van der Waals surface area (Å²) in [5.41, 5.74) is 2.28. The zero-order valence-corrected chi connectivity index (χ0v) is 11.9. The molecule has 19 heavy (non-hydrogen) atoms. The highest BCUT2D eigenvalue weighted by Crippen LogP contribution is 2.40. The number of aryl methyl sites for hydroxylation is 1. The van der Waals surface area contributed by atoms with Crippen LogP contribution in [0.1, 0.15) is 61.4 Å². The van der Waals surface area contributed by atoms with Crippen LogP contribution < -0.4 is 0 Å². The first kappa shape index (κ1) is 12.9. The Morgan fingerprint density at radius 1 is 1.16 bits per heavy atom. The normalized spacial score (nSPS) is 31.0. The highest BCUT2D eigenvalue weighted by Gasteiger charge is 2.35. The van der Waals surface area contributed by atoms with Crippen molar-refractivity contribution >= 4 is 5.78 Å². The molecule has 0 aliphatic heterocycles. The molecule has 1 aromatic rings. The molecule has 0 spiro atoms. The van der Waals surface area contributed by atoms with E-state index in [-0.39, 0.29) is 0 Å². The topological polar surface area (TPSA) is 17.1 Å². The number of rotatable bonds is 2. The van der Waals surface area contributed by atoms with Crippen molar-refractivity contribution in [1.29, 1.82) is 0 Å². The van der Waals surface area contributed by atoms with Crippen molar-refractivity contribution in [1.82, 2.24) is 0 Å². The summed E-state index contributed by atoms with van der Waals surface area (Å²) in [7, 11) is 0. The number of hydrogen-bond acceptors (Lipinski definition) is 1. The molecule has 1 fully saturated rings. The van der Waals surface area contributed by atoms with E-state index in [9.17, 15) is 4.79 Å². The van der Waals surface area contributed by atoms with Gasteiger partial charge in [0, 0.05) is 11.5 Å². The third-order valence-electron chi connectivity index (χ3n) is 5.31. The van der Waals surface area contributed by atoms with Gasteiger partial charge in [0.1, 0.15) is 0 Å². The standard InChI is InChI=1S/C18H24O/c1-2-13-6-5-8-15(12-13)17-11-10-14-7-3-4-9-16(14)18(17)19/h3-4,7,9,13,15,17H,2,5-6,8,10-12H2,1H3. The molecule has 1 heteroatoms. The minimum atomic E-state index is 0.309. The summed E-state index contributed by atoms with van der Waals surface area (Å²) in [5, 5.41) is 0. The molecule has 1 nitrogen and oxygen atoms in total. The van der Waals surface area contributed by atoms with Crippen LogP contribution in [0.3, 0.4) is 0 Å². The minimum Gasteiger partial charge on any atom is -0.294 e. The van der Waals surface area contributed by atoms with Gasteiger partial charge in [-0.3, -0.25) is 4.79 Å². The molecule has 0 heterocycles. The van der Waals surface area contributed by atoms with E-state index in [4.69, 9.17) is 0 Å². The molecular formula is C18H24O. The average Bonchev–Trinajstić information content (AvgIpc) is 2.48. The van der Waals surface area contributed by atoms with Crippen LogP contribution in [0.4, 0.5) is 0 Å². The molecule has 3 rings (SSSR count). The number of fused-ring (bicyclic) bond motifs is 1. The summed E-state index contributed by atoms with van der Waals surface area (Å²) >= 11 is 0. The average molecular weight is 256 g/mol. The van der Waals surface area contributed by atoms with Gasteiger partial charge in [-0.05, 0) is 43.1 Å². The van der Waals surface area contributed by atoms with E-state index in [1.54, 1.807) is 0 Å². The monoisotopic (exact) mass is 256 g/mol. The second kappa shape index (κ2) is 5.48. The number of benzene rings is 1. The molecule has 0 aromatic heterocycles. The Labute approximate surface area is 116 Å². The van der Waals surface area contributed by atoms with Crippen molar-refractivity contribution in [2.24, 2.45) is 17.8 Å². The van der Waals surface area contributed by atoms with E-state index in [1.165, 1.54) is 37.7 Å². The van der Waals surface area contributed by atoms with Gasteiger partial charge in [0.05, 0.1) is 0 Å². The van der Waals surface area contributed by atoms with Gasteiger partial charge in [-0.25, -0.2) is 0 Å². The second-order valence-corrected chi connectivity index (χ2v) is 6.37. The van der Waals surface area contributed by atoms with Crippen molar-refractivity contribution in [2.75, 3.05) is 0 Å². The number of carbonyl (C=O) groups excluding carboxylic acids is 1. The molecule has 1 saturated carbocycles. The number of Topliss-reactive ketones (excluding diaryl/α,β-unsaturated/α-hetero) is 1. The number of hydrogen-bond donors (Lipinski definition) is 0. The summed E-state index contributed by atoms with van der Waals surface area (Å²) in [6.07, 6.45) is 8.73. The lowest BCUT2D eigenvalue weighted by molar-refractivity contribution is 0.0791. The minimum absolute atomic E-state index is 0.309. The molecule has 3 atom stereocenters. The first-order chi connectivity index (χ1) is 9.29. The number of carbonyl (C=O) groups is 1. The van der Waals surface area contributed by atoms with Crippen LogP contribution in [0.25, 0.3) is 0 Å². The third-order valence-corrected chi connectivity index (χ3v) is 5.31. The van der Waals surface area contributed by atoms with Crippen LogP contribution in [-0.2, 0) is 6.42 Å². The van der Waals surface area contributed by atoms with E-state index in [0.717, 1.165) is 24.3 Å². The second-order valence-electron chi connectivity index (χ2n) is 6.37. The van der Waals surface area contributed by atoms with E-state index in [2.05, 4.69) is 19.1 Å². The lowest BCUT2D eigenvalue weighted by Gasteiger charge is -2.35. The maximum absolute atomic E-state index is 12.7. The van der Waals surface area contributed by atoms with E-state index in [0.29, 0.717) is 17.6 Å². The molecular weight excluding hydrogens is 232 g/mol. The largest absolute Gasteiger partial charge is 0.294 e. The van der Waals surface area contributed by atoms with Gasteiger partial charge < -0.3 is 0 Å². The number of ketones is 1. The Kier molecular flexibility index (Phi) is 3.72. The Hall–Kier alpha value is -1.11. The summed E-state index contributed by atoms with van der Waals surface area (Å²) in [6, 6.07) is 8.22. The highest BCUT2D eigenvalue weighted by molar-refractivity contribution is 6.00. The van der Waals surface area contributed by atoms with Crippen molar-refractivity contribution in [2.45, 2.75) is 51.9 Å². The summed E-state index contributed by atoms with van der Waals surface area (Å²) < 4.78 is 0. The quantitative estimate of drug-likeness (QED) is 0.753. The summed E-state index contributed by atoms with van der Waals surface area (Å²) in [6.45, 7) is 2.30. The van der Waals surface area contributed by atoms with Gasteiger partial charge >= 0.3 is 0 Å². The SMILES string of the molecule is CCC1CCCC(C2CCc3ccccc3C2=O)C1. The Balaban J connectivity index is 1.78. The molecule has 0 radical (unpaired) electrons. The van der Waals surface area contributed by atoms with Gasteiger partial charge in [-0.2, -0.15) is 0 Å². The Morgan fingerprint density at radius 2 is 2.00 bits per heavy atom. The fourth-order valence-electron chi connectivity index (χ4n) is 4.14. The van der Waals surface area contributed by atoms with E-state index >= 15 is 0 Å². The highest BCUT2D eigenvalue weighted by atomic mass is 16.1. The summed E-state index contributed by atoms with van der Waals surface area (Å²) in [5.74, 6) is 2.26. The van der Waals surface area contributed by atoms with Crippen LogP contribution in [0, 0.1) is 17.8 Å². The molecule has 102 valence electrons. The molecule has 0 amide bonds. The molecule has 0 bridgehead atoms. The van der Waals surface area contributed by atoms with Crippen molar-refractivity contribution in [3.63, 3.8) is 0 Å². The molecule has 2 aliphatic rings. The van der Waals surface area contributed by atoms with Gasteiger partial charge in [-0.15, -0.1) is 0 Å². The van der Waals surface area contributed by atoms with Crippen LogP contribution in [0.2, 0.25) is 0 Å². The smallest absolute Gasteiger partial charge is 0.166 e. The maximum atomic E-state index is 12.7. The zero-order chi connectivity index (χ0) is 13.2.